The predicted molar refractivity (Wildman–Crippen MR) is 73.0 cm³/mol. The maximum atomic E-state index is 12.0. The average molecular weight is 322 g/mol. The van der Waals surface area contributed by atoms with Crippen LogP contribution in [0.15, 0.2) is 47.2 Å². The molecule has 19 heavy (non-hydrogen) atoms. The van der Waals surface area contributed by atoms with Crippen LogP contribution in [-0.4, -0.2) is 15.8 Å². The number of non-ortho nitro benzene ring substituents is 1. The third-order valence-corrected chi connectivity index (χ3v) is 3.04. The Balaban J connectivity index is 2.28. The zero-order valence-electron chi connectivity index (χ0n) is 9.54. The Morgan fingerprint density at radius 2 is 1.95 bits per heavy atom. The van der Waals surface area contributed by atoms with Crippen molar-refractivity contribution in [3.05, 3.63) is 62.9 Å². The number of anilines is 1. The number of hydrogen-bond donors (Lipinski definition) is 1. The molecular formula is C12H8BrN3O3. The number of pyridine rings is 1. The first kappa shape index (κ1) is 13.2. The van der Waals surface area contributed by atoms with Gasteiger partial charge < -0.3 is 5.32 Å². The lowest BCUT2D eigenvalue weighted by Crippen LogP contribution is -2.12. The molecule has 0 radical (unpaired) electrons. The first-order valence-electron chi connectivity index (χ1n) is 5.23. The largest absolute Gasteiger partial charge is 0.322 e. The topological polar surface area (TPSA) is 85.1 Å². The van der Waals surface area contributed by atoms with Crippen LogP contribution in [-0.2, 0) is 0 Å². The van der Waals surface area contributed by atoms with E-state index in [0.717, 1.165) is 0 Å². The van der Waals surface area contributed by atoms with Gasteiger partial charge in [0.1, 0.15) is 0 Å². The Kier molecular flexibility index (Phi) is 3.86. The maximum absolute atomic E-state index is 12.0. The van der Waals surface area contributed by atoms with Crippen molar-refractivity contribution in [2.75, 3.05) is 5.32 Å². The van der Waals surface area contributed by atoms with Gasteiger partial charge in [-0.15, -0.1) is 0 Å². The van der Waals surface area contributed by atoms with E-state index >= 15 is 0 Å². The molecule has 96 valence electrons. The highest BCUT2D eigenvalue weighted by Gasteiger charge is 2.15. The number of nitro groups is 1. The van der Waals surface area contributed by atoms with Crippen LogP contribution in [0.1, 0.15) is 10.4 Å². The van der Waals surface area contributed by atoms with Crippen molar-refractivity contribution in [3.8, 4) is 0 Å². The van der Waals surface area contributed by atoms with Gasteiger partial charge >= 0.3 is 0 Å². The SMILES string of the molecule is O=C(Nc1ccncc1)c1cc([N+](=O)[O-])ccc1Br. The molecule has 2 aromatic rings. The second-order valence-corrected chi connectivity index (χ2v) is 4.47. The molecule has 1 aromatic heterocycles. The molecule has 0 bridgehead atoms. The van der Waals surface area contributed by atoms with Crippen molar-refractivity contribution in [1.82, 2.24) is 4.98 Å². The van der Waals surface area contributed by atoms with E-state index in [0.29, 0.717) is 10.2 Å². The molecule has 0 aliphatic carbocycles. The normalized spacial score (nSPS) is 9.95. The fourth-order valence-electron chi connectivity index (χ4n) is 1.43. The summed E-state index contributed by atoms with van der Waals surface area (Å²) in [7, 11) is 0. The number of nitrogens with zero attached hydrogens (tertiary/aromatic N) is 2. The van der Waals surface area contributed by atoms with Crippen LogP contribution in [0.25, 0.3) is 0 Å². The van der Waals surface area contributed by atoms with Gasteiger partial charge in [-0.2, -0.15) is 0 Å². The summed E-state index contributed by atoms with van der Waals surface area (Å²) in [6.45, 7) is 0. The number of hydrogen-bond acceptors (Lipinski definition) is 4. The van der Waals surface area contributed by atoms with E-state index in [2.05, 4.69) is 26.2 Å². The third-order valence-electron chi connectivity index (χ3n) is 2.34. The number of nitrogens with one attached hydrogen (secondary N) is 1. The monoisotopic (exact) mass is 321 g/mol. The molecule has 1 heterocycles. The summed E-state index contributed by atoms with van der Waals surface area (Å²) >= 11 is 3.20. The molecule has 1 N–H and O–H groups in total. The van der Waals surface area contributed by atoms with Gasteiger partial charge in [0.15, 0.2) is 0 Å². The maximum Gasteiger partial charge on any atom is 0.270 e. The van der Waals surface area contributed by atoms with Gasteiger partial charge in [0.05, 0.1) is 10.5 Å². The molecule has 1 aromatic carbocycles. The molecule has 7 heteroatoms. The first-order valence-corrected chi connectivity index (χ1v) is 6.02. The van der Waals surface area contributed by atoms with Crippen molar-refractivity contribution in [2.24, 2.45) is 0 Å². The lowest BCUT2D eigenvalue weighted by molar-refractivity contribution is -0.384. The number of carbonyl (C=O) groups is 1. The van der Waals surface area contributed by atoms with Crippen LogP contribution < -0.4 is 5.32 Å². The molecule has 0 saturated carbocycles. The quantitative estimate of drug-likeness (QED) is 0.695. The van der Waals surface area contributed by atoms with Gasteiger partial charge in [-0.1, -0.05) is 0 Å². The van der Waals surface area contributed by atoms with Crippen LogP contribution in [0.5, 0.6) is 0 Å². The highest BCUT2D eigenvalue weighted by molar-refractivity contribution is 9.10. The van der Waals surface area contributed by atoms with Crippen molar-refractivity contribution in [2.45, 2.75) is 0 Å². The third kappa shape index (κ3) is 3.14. The number of aromatic nitrogens is 1. The molecule has 0 spiro atoms. The fraction of sp³-hybridized carbons (Fsp3) is 0. The summed E-state index contributed by atoms with van der Waals surface area (Å²) in [5, 5.41) is 13.3. The number of amides is 1. The Morgan fingerprint density at radius 3 is 2.58 bits per heavy atom. The van der Waals surface area contributed by atoms with Gasteiger partial charge in [0.25, 0.3) is 11.6 Å². The summed E-state index contributed by atoms with van der Waals surface area (Å²) in [6, 6.07) is 7.28. The van der Waals surface area contributed by atoms with E-state index in [4.69, 9.17) is 0 Å². The molecule has 0 aliphatic heterocycles. The van der Waals surface area contributed by atoms with E-state index in [1.165, 1.54) is 30.6 Å². The highest BCUT2D eigenvalue weighted by atomic mass is 79.9. The number of benzene rings is 1. The molecule has 2 rings (SSSR count). The van der Waals surface area contributed by atoms with Gasteiger partial charge in [-0.05, 0) is 34.1 Å². The molecule has 6 nitrogen and oxygen atoms in total. The second kappa shape index (κ2) is 5.57. The van der Waals surface area contributed by atoms with E-state index < -0.39 is 10.8 Å². The van der Waals surface area contributed by atoms with E-state index in [9.17, 15) is 14.9 Å². The number of rotatable bonds is 3. The Labute approximate surface area is 116 Å². The molecule has 0 unspecified atom stereocenters. The Hall–Kier alpha value is -2.28. The van der Waals surface area contributed by atoms with Crippen LogP contribution in [0.3, 0.4) is 0 Å². The lowest BCUT2D eigenvalue weighted by atomic mass is 10.2. The van der Waals surface area contributed by atoms with E-state index in [1.54, 1.807) is 12.1 Å². The van der Waals surface area contributed by atoms with Gasteiger partial charge in [-0.3, -0.25) is 19.9 Å². The molecule has 0 fully saturated rings. The molecule has 0 saturated heterocycles. The van der Waals surface area contributed by atoms with Crippen molar-refractivity contribution >= 4 is 33.2 Å². The van der Waals surface area contributed by atoms with E-state index in [1.807, 2.05) is 0 Å². The standard InChI is InChI=1S/C12H8BrN3O3/c13-11-2-1-9(16(18)19)7-10(11)12(17)15-8-3-5-14-6-4-8/h1-7H,(H,14,15,17). The highest BCUT2D eigenvalue weighted by Crippen LogP contribution is 2.23. The van der Waals surface area contributed by atoms with Crippen molar-refractivity contribution in [3.63, 3.8) is 0 Å². The number of nitro benzene ring substituents is 1. The zero-order chi connectivity index (χ0) is 13.8. The molecule has 0 atom stereocenters. The molecular weight excluding hydrogens is 314 g/mol. The van der Waals surface area contributed by atoms with Crippen LogP contribution in [0.4, 0.5) is 11.4 Å². The van der Waals surface area contributed by atoms with Crippen molar-refractivity contribution < 1.29 is 9.72 Å². The predicted octanol–water partition coefficient (Wildman–Crippen LogP) is 3.00. The summed E-state index contributed by atoms with van der Waals surface area (Å²) in [4.78, 5) is 26.0. The zero-order valence-corrected chi connectivity index (χ0v) is 11.1. The lowest BCUT2D eigenvalue weighted by Gasteiger charge is -2.06. The summed E-state index contributed by atoms with van der Waals surface area (Å²) < 4.78 is 0.490. The van der Waals surface area contributed by atoms with Crippen LogP contribution >= 0.6 is 15.9 Å². The number of carbonyl (C=O) groups excluding carboxylic acids is 1. The first-order chi connectivity index (χ1) is 9.08. The fourth-order valence-corrected chi connectivity index (χ4v) is 1.86. The summed E-state index contributed by atoms with van der Waals surface area (Å²) in [6.07, 6.45) is 3.08. The van der Waals surface area contributed by atoms with Gasteiger partial charge in [-0.25, -0.2) is 0 Å². The Bertz CT molecular complexity index is 631. The smallest absolute Gasteiger partial charge is 0.270 e. The van der Waals surface area contributed by atoms with Crippen LogP contribution in [0, 0.1) is 10.1 Å². The van der Waals surface area contributed by atoms with E-state index in [-0.39, 0.29) is 11.3 Å². The average Bonchev–Trinajstić information content (AvgIpc) is 2.40. The minimum absolute atomic E-state index is 0.136. The van der Waals surface area contributed by atoms with Crippen LogP contribution in [0.2, 0.25) is 0 Å². The second-order valence-electron chi connectivity index (χ2n) is 3.61. The van der Waals surface area contributed by atoms with Crippen molar-refractivity contribution in [1.29, 1.82) is 0 Å². The molecule has 1 amide bonds. The summed E-state index contributed by atoms with van der Waals surface area (Å²) in [5.41, 5.74) is 0.632. The minimum Gasteiger partial charge on any atom is -0.322 e. The number of halogens is 1. The summed E-state index contributed by atoms with van der Waals surface area (Å²) in [5.74, 6) is -0.429. The van der Waals surface area contributed by atoms with Gasteiger partial charge in [0, 0.05) is 34.7 Å². The van der Waals surface area contributed by atoms with Gasteiger partial charge in [0.2, 0.25) is 0 Å². The molecule has 0 aliphatic rings. The Morgan fingerprint density at radius 1 is 1.26 bits per heavy atom. The minimum atomic E-state index is -0.546.